The fraction of sp³-hybridized carbons (Fsp3) is 0.391. The Bertz CT molecular complexity index is 1030. The normalized spacial score (nSPS) is 26.1. The average molecular weight is 457 g/mol. The van der Waals surface area contributed by atoms with Gasteiger partial charge in [-0.25, -0.2) is 4.79 Å². The number of benzene rings is 1. The van der Waals surface area contributed by atoms with E-state index in [0.717, 1.165) is 0 Å². The van der Waals surface area contributed by atoms with Gasteiger partial charge in [-0.3, -0.25) is 4.79 Å². The molecule has 1 aliphatic rings. The fourth-order valence-corrected chi connectivity index (χ4v) is 3.15. The summed E-state index contributed by atoms with van der Waals surface area (Å²) in [7, 11) is 0. The molecule has 0 fully saturated rings. The summed E-state index contributed by atoms with van der Waals surface area (Å²) in [4.78, 5) is 26.4. The Balaban J connectivity index is 1.89. The van der Waals surface area contributed by atoms with Gasteiger partial charge in [0, 0.05) is 12.0 Å². The molecule has 33 heavy (non-hydrogen) atoms. The van der Waals surface area contributed by atoms with Gasteiger partial charge in [0.05, 0.1) is 25.0 Å². The minimum absolute atomic E-state index is 0.0569. The van der Waals surface area contributed by atoms with Gasteiger partial charge >= 0.3 is 5.97 Å². The maximum atomic E-state index is 12.9. The van der Waals surface area contributed by atoms with Crippen LogP contribution in [-0.2, 0) is 16.1 Å². The lowest BCUT2D eigenvalue weighted by atomic mass is 9.99. The number of carbonyl (C=O) groups is 2. The Kier molecular flexibility index (Phi) is 7.96. The molecule has 0 spiro atoms. The third kappa shape index (κ3) is 6.27. The second-order valence-corrected chi connectivity index (χ2v) is 7.76. The number of ether oxygens (including phenoxy) is 2. The van der Waals surface area contributed by atoms with Gasteiger partial charge in [-0.2, -0.15) is 15.0 Å². The number of hydrogen-bond acceptors (Lipinski definition) is 9. The number of aromatic nitrogens is 3. The van der Waals surface area contributed by atoms with E-state index in [1.165, 1.54) is 35.2 Å². The molecule has 1 aromatic heterocycles. The predicted octanol–water partition coefficient (Wildman–Crippen LogP) is 1.51. The quantitative estimate of drug-likeness (QED) is 0.582. The molecular weight excluding hydrogens is 430 g/mol. The Hall–Kier alpha value is -3.50. The van der Waals surface area contributed by atoms with Gasteiger partial charge in [0.2, 0.25) is 0 Å². The van der Waals surface area contributed by atoms with Crippen molar-refractivity contribution >= 4 is 17.8 Å². The molecule has 0 aliphatic carbocycles. The lowest BCUT2D eigenvalue weighted by molar-refractivity contribution is -0.127. The summed E-state index contributed by atoms with van der Waals surface area (Å²) in [5.74, 6) is -1.76. The standard InChI is InChI=1S/C23H27N3O7/c1-14-6-7-19(28)22(30)18(27)5-3-4-16-12-17(32-11-10-26-24-8-9-25-26)13-20(29)21(16)23(31)33-15(14)2/h3-4,6-9,12-15,18,22,27,29-30H,5,10-11H2,1-2H3/b4-3+,7-6-/t14-,15+,18+,22+/m1/s1. The number of nitrogens with zero attached hydrogens (tertiary/aromatic N) is 3. The van der Waals surface area contributed by atoms with E-state index in [0.29, 0.717) is 17.9 Å². The highest BCUT2D eigenvalue weighted by Crippen LogP contribution is 2.31. The van der Waals surface area contributed by atoms with Crippen LogP contribution < -0.4 is 4.74 Å². The van der Waals surface area contributed by atoms with E-state index in [4.69, 9.17) is 9.47 Å². The van der Waals surface area contributed by atoms with Gasteiger partial charge in [-0.05, 0) is 31.1 Å². The minimum atomic E-state index is -1.59. The maximum Gasteiger partial charge on any atom is 0.342 e. The van der Waals surface area contributed by atoms with Crippen LogP contribution in [-0.4, -0.2) is 67.0 Å². The first-order valence-electron chi connectivity index (χ1n) is 10.6. The van der Waals surface area contributed by atoms with Crippen LogP contribution in [0.3, 0.4) is 0 Å². The highest BCUT2D eigenvalue weighted by Gasteiger charge is 2.25. The van der Waals surface area contributed by atoms with Crippen molar-refractivity contribution in [1.82, 2.24) is 15.0 Å². The van der Waals surface area contributed by atoms with Crippen molar-refractivity contribution in [3.8, 4) is 11.5 Å². The van der Waals surface area contributed by atoms with Crippen molar-refractivity contribution in [1.29, 1.82) is 0 Å². The summed E-state index contributed by atoms with van der Waals surface area (Å²) in [6, 6.07) is 2.87. The first-order chi connectivity index (χ1) is 15.8. The smallest absolute Gasteiger partial charge is 0.342 e. The maximum absolute atomic E-state index is 12.9. The van der Waals surface area contributed by atoms with E-state index in [9.17, 15) is 24.9 Å². The summed E-state index contributed by atoms with van der Waals surface area (Å²) in [5, 5.41) is 38.8. The highest BCUT2D eigenvalue weighted by molar-refractivity contribution is 5.97. The van der Waals surface area contributed by atoms with Crippen molar-refractivity contribution in [3.63, 3.8) is 0 Å². The fourth-order valence-electron chi connectivity index (χ4n) is 3.15. The molecule has 0 amide bonds. The van der Waals surface area contributed by atoms with Crippen molar-refractivity contribution < 1.29 is 34.4 Å². The number of aliphatic hydroxyl groups excluding tert-OH is 2. The van der Waals surface area contributed by atoms with E-state index in [2.05, 4.69) is 10.2 Å². The van der Waals surface area contributed by atoms with Gasteiger partial charge in [0.25, 0.3) is 0 Å². The van der Waals surface area contributed by atoms with Crippen LogP contribution in [0.4, 0.5) is 0 Å². The lowest BCUT2D eigenvalue weighted by Gasteiger charge is -2.20. The zero-order valence-electron chi connectivity index (χ0n) is 18.4. The first-order valence-corrected chi connectivity index (χ1v) is 10.6. The summed E-state index contributed by atoms with van der Waals surface area (Å²) in [6.07, 6.45) is 5.15. The number of aromatic hydroxyl groups is 1. The average Bonchev–Trinajstić information content (AvgIpc) is 3.29. The molecule has 10 nitrogen and oxygen atoms in total. The monoisotopic (exact) mass is 457 g/mol. The summed E-state index contributed by atoms with van der Waals surface area (Å²) in [6.45, 7) is 3.99. The topological polar surface area (TPSA) is 144 Å². The molecule has 0 saturated heterocycles. The molecule has 176 valence electrons. The first kappa shape index (κ1) is 24.1. The van der Waals surface area contributed by atoms with Gasteiger partial charge in [-0.15, -0.1) is 0 Å². The molecule has 3 N–H and O–H groups in total. The SMILES string of the molecule is C[C@@H]1/C=C\C(=O)[C@@H](O)[C@@H](O)C/C=C/c2cc(OCCn3nccn3)cc(O)c2C(=O)O[C@H]1C. The number of esters is 1. The number of aliphatic hydroxyl groups is 2. The van der Waals surface area contributed by atoms with Crippen LogP contribution in [0.15, 0.2) is 42.8 Å². The van der Waals surface area contributed by atoms with Crippen molar-refractivity contribution in [2.24, 2.45) is 5.92 Å². The van der Waals surface area contributed by atoms with Gasteiger partial charge in [-0.1, -0.05) is 25.2 Å². The molecule has 0 radical (unpaired) electrons. The lowest BCUT2D eigenvalue weighted by Crippen LogP contribution is -2.32. The number of rotatable bonds is 4. The molecule has 2 aromatic rings. The number of fused-ring (bicyclic) bond motifs is 1. The van der Waals surface area contributed by atoms with Crippen LogP contribution in [0.5, 0.6) is 11.5 Å². The zero-order valence-corrected chi connectivity index (χ0v) is 18.4. The number of carbonyl (C=O) groups excluding carboxylic acids is 2. The van der Waals surface area contributed by atoms with Gasteiger partial charge < -0.3 is 24.8 Å². The van der Waals surface area contributed by atoms with Crippen LogP contribution in [0.2, 0.25) is 0 Å². The highest BCUT2D eigenvalue weighted by atomic mass is 16.5. The second kappa shape index (κ2) is 10.9. The Morgan fingerprint density at radius 1 is 1.15 bits per heavy atom. The summed E-state index contributed by atoms with van der Waals surface area (Å²) < 4.78 is 11.2. The predicted molar refractivity (Wildman–Crippen MR) is 117 cm³/mol. The Morgan fingerprint density at radius 3 is 2.61 bits per heavy atom. The molecule has 0 unspecified atom stereocenters. The number of hydrogen-bond donors (Lipinski definition) is 3. The van der Waals surface area contributed by atoms with Crippen molar-refractivity contribution in [2.75, 3.05) is 6.61 Å². The minimum Gasteiger partial charge on any atom is -0.507 e. The third-order valence-corrected chi connectivity index (χ3v) is 5.28. The third-order valence-electron chi connectivity index (χ3n) is 5.28. The zero-order chi connectivity index (χ0) is 24.0. The molecule has 4 atom stereocenters. The second-order valence-electron chi connectivity index (χ2n) is 7.76. The molecule has 0 saturated carbocycles. The molecule has 1 aliphatic heterocycles. The van der Waals surface area contributed by atoms with Crippen molar-refractivity contribution in [2.45, 2.75) is 45.1 Å². The number of ketones is 1. The molecular formula is C23H27N3O7. The molecule has 3 rings (SSSR count). The van der Waals surface area contributed by atoms with Crippen LogP contribution >= 0.6 is 0 Å². The Morgan fingerprint density at radius 2 is 1.88 bits per heavy atom. The van der Waals surface area contributed by atoms with Gasteiger partial charge in [0.15, 0.2) is 5.78 Å². The molecule has 10 heteroatoms. The van der Waals surface area contributed by atoms with Crippen molar-refractivity contribution in [3.05, 3.63) is 53.9 Å². The molecule has 0 bridgehead atoms. The van der Waals surface area contributed by atoms with Crippen LogP contribution in [0.25, 0.3) is 6.08 Å². The van der Waals surface area contributed by atoms with E-state index >= 15 is 0 Å². The number of phenols is 1. The van der Waals surface area contributed by atoms with Gasteiger partial charge in [0.1, 0.15) is 35.9 Å². The largest absolute Gasteiger partial charge is 0.507 e. The van der Waals surface area contributed by atoms with E-state index in [1.54, 1.807) is 32.3 Å². The van der Waals surface area contributed by atoms with Crippen LogP contribution in [0, 0.1) is 5.92 Å². The number of phenolic OH excluding ortho intramolecular Hbond substituents is 1. The van der Waals surface area contributed by atoms with E-state index in [-0.39, 0.29) is 30.3 Å². The van der Waals surface area contributed by atoms with E-state index < -0.39 is 30.1 Å². The Labute approximate surface area is 190 Å². The van der Waals surface area contributed by atoms with E-state index in [1.807, 2.05) is 0 Å². The molecule has 1 aromatic carbocycles. The summed E-state index contributed by atoms with van der Waals surface area (Å²) >= 11 is 0. The van der Waals surface area contributed by atoms with Crippen LogP contribution in [0.1, 0.15) is 36.2 Å². The molecule has 2 heterocycles. The summed E-state index contributed by atoms with van der Waals surface area (Å²) in [5.41, 5.74) is 0.242. The number of cyclic esters (lactones) is 1.